The lowest BCUT2D eigenvalue weighted by Gasteiger charge is -2.27. The molecule has 2 heterocycles. The van der Waals surface area contributed by atoms with E-state index in [0.717, 1.165) is 57.3 Å². The minimum absolute atomic E-state index is 0.0441. The first-order chi connectivity index (χ1) is 13.6. The fourth-order valence-electron chi connectivity index (χ4n) is 5.41. The monoisotopic (exact) mass is 383 g/mol. The van der Waals surface area contributed by atoms with Gasteiger partial charge in [-0.15, -0.1) is 10.2 Å². The van der Waals surface area contributed by atoms with Gasteiger partial charge in [0, 0.05) is 24.7 Å². The van der Waals surface area contributed by atoms with Crippen molar-refractivity contribution in [2.24, 2.45) is 23.5 Å². The molecule has 148 valence electrons. The van der Waals surface area contributed by atoms with Crippen LogP contribution in [0.3, 0.4) is 0 Å². The molecule has 4 unspecified atom stereocenters. The lowest BCUT2D eigenvalue weighted by Crippen LogP contribution is -2.42. The molecular formula is C21H26FN5O. The number of anilines is 1. The second-order valence-electron chi connectivity index (χ2n) is 8.52. The fraction of sp³-hybridized carbons (Fsp3) is 0.571. The Morgan fingerprint density at radius 2 is 2.04 bits per heavy atom. The molecule has 1 aromatic carbocycles. The van der Waals surface area contributed by atoms with Gasteiger partial charge in [-0.3, -0.25) is 4.79 Å². The van der Waals surface area contributed by atoms with Gasteiger partial charge in [-0.05, 0) is 62.1 Å². The Bertz CT molecular complexity index is 908. The number of carbonyl (C=O) groups is 1. The summed E-state index contributed by atoms with van der Waals surface area (Å²) >= 11 is 0. The maximum atomic E-state index is 14.6. The molecule has 1 amide bonds. The van der Waals surface area contributed by atoms with E-state index in [-0.39, 0.29) is 23.7 Å². The second-order valence-corrected chi connectivity index (χ2v) is 8.52. The van der Waals surface area contributed by atoms with E-state index in [2.05, 4.69) is 15.5 Å². The predicted molar refractivity (Wildman–Crippen MR) is 104 cm³/mol. The summed E-state index contributed by atoms with van der Waals surface area (Å²) in [5, 5.41) is 11.5. The van der Waals surface area contributed by atoms with E-state index >= 15 is 0 Å². The molecule has 0 radical (unpaired) electrons. The number of nitrogens with one attached hydrogen (secondary N) is 1. The molecule has 1 aliphatic heterocycles. The number of amides is 1. The van der Waals surface area contributed by atoms with E-state index in [0.29, 0.717) is 28.9 Å². The Labute approximate surface area is 163 Å². The van der Waals surface area contributed by atoms with Crippen LogP contribution in [0.2, 0.25) is 0 Å². The minimum Gasteiger partial charge on any atom is -0.327 e. The summed E-state index contributed by atoms with van der Waals surface area (Å²) in [6.45, 7) is 0.799. The van der Waals surface area contributed by atoms with E-state index in [1.807, 2.05) is 4.57 Å². The first kappa shape index (κ1) is 17.8. The van der Waals surface area contributed by atoms with Gasteiger partial charge >= 0.3 is 0 Å². The topological polar surface area (TPSA) is 85.8 Å². The van der Waals surface area contributed by atoms with Crippen LogP contribution in [0.1, 0.15) is 44.3 Å². The number of fused-ring (bicyclic) bond motifs is 3. The molecule has 6 nitrogen and oxygen atoms in total. The highest BCUT2D eigenvalue weighted by molar-refractivity contribution is 5.94. The molecule has 4 atom stereocenters. The molecule has 3 aliphatic rings. The van der Waals surface area contributed by atoms with Crippen molar-refractivity contribution >= 4 is 11.6 Å². The molecule has 2 fully saturated rings. The van der Waals surface area contributed by atoms with Crippen LogP contribution in [-0.2, 0) is 17.8 Å². The molecule has 0 spiro atoms. The smallest absolute Gasteiger partial charge is 0.229 e. The summed E-state index contributed by atoms with van der Waals surface area (Å²) in [7, 11) is 0. The molecule has 5 rings (SSSR count). The highest BCUT2D eigenvalue weighted by Gasteiger charge is 2.49. The largest absolute Gasteiger partial charge is 0.327 e. The van der Waals surface area contributed by atoms with Crippen LogP contribution in [0.15, 0.2) is 18.2 Å². The number of benzene rings is 1. The van der Waals surface area contributed by atoms with Crippen LogP contribution in [0.4, 0.5) is 10.1 Å². The number of nitrogens with zero attached hydrogens (tertiary/aromatic N) is 3. The Morgan fingerprint density at radius 1 is 1.18 bits per heavy atom. The quantitative estimate of drug-likeness (QED) is 0.853. The van der Waals surface area contributed by atoms with Crippen molar-refractivity contribution < 1.29 is 9.18 Å². The molecule has 3 N–H and O–H groups in total. The summed E-state index contributed by atoms with van der Waals surface area (Å²) in [5.41, 5.74) is 7.27. The zero-order valence-corrected chi connectivity index (χ0v) is 15.9. The maximum Gasteiger partial charge on any atom is 0.229 e. The number of hydrogen-bond donors (Lipinski definition) is 2. The first-order valence-electron chi connectivity index (χ1n) is 10.4. The van der Waals surface area contributed by atoms with Crippen LogP contribution in [0.5, 0.6) is 0 Å². The lowest BCUT2D eigenvalue weighted by molar-refractivity contribution is -0.121. The van der Waals surface area contributed by atoms with E-state index in [1.54, 1.807) is 12.1 Å². The number of carbonyl (C=O) groups excluding carboxylic acids is 1. The third-order valence-electron chi connectivity index (χ3n) is 6.87. The molecule has 2 saturated carbocycles. The normalized spacial score (nSPS) is 28.8. The Kier molecular flexibility index (Phi) is 4.42. The lowest BCUT2D eigenvalue weighted by atomic mass is 9.84. The number of halogens is 1. The molecule has 2 aliphatic carbocycles. The van der Waals surface area contributed by atoms with Crippen LogP contribution in [0, 0.1) is 23.6 Å². The third kappa shape index (κ3) is 2.92. The summed E-state index contributed by atoms with van der Waals surface area (Å²) in [5.74, 6) is 1.77. The number of aromatic nitrogens is 3. The van der Waals surface area contributed by atoms with Crippen LogP contribution in [0.25, 0.3) is 11.4 Å². The van der Waals surface area contributed by atoms with Gasteiger partial charge in [-0.25, -0.2) is 4.39 Å². The second kappa shape index (κ2) is 6.95. The third-order valence-corrected chi connectivity index (χ3v) is 6.87. The molecule has 1 aromatic heterocycles. The number of rotatable bonds is 3. The average molecular weight is 383 g/mol. The Morgan fingerprint density at radius 3 is 2.86 bits per heavy atom. The van der Waals surface area contributed by atoms with Crippen molar-refractivity contribution in [2.75, 3.05) is 5.32 Å². The van der Waals surface area contributed by atoms with Gasteiger partial charge in [-0.1, -0.05) is 6.42 Å². The van der Waals surface area contributed by atoms with Gasteiger partial charge in [0.25, 0.3) is 0 Å². The number of aryl methyl sites for hydroxylation is 1. The SMILES string of the molecule is NC1C2CCC(C2)C1C(=O)Nc1ccc(F)c(-c2nnc3n2CCCCC3)c1. The number of nitrogens with two attached hydrogens (primary N) is 1. The molecule has 28 heavy (non-hydrogen) atoms. The highest BCUT2D eigenvalue weighted by atomic mass is 19.1. The van der Waals surface area contributed by atoms with Gasteiger partial charge < -0.3 is 15.6 Å². The van der Waals surface area contributed by atoms with E-state index in [1.165, 1.54) is 6.07 Å². The summed E-state index contributed by atoms with van der Waals surface area (Å²) in [4.78, 5) is 12.9. The molecule has 2 aromatic rings. The summed E-state index contributed by atoms with van der Waals surface area (Å²) in [6, 6.07) is 4.61. The Balaban J connectivity index is 1.41. The van der Waals surface area contributed by atoms with Gasteiger partial charge in [-0.2, -0.15) is 0 Å². The van der Waals surface area contributed by atoms with Crippen molar-refractivity contribution in [1.82, 2.24) is 14.8 Å². The van der Waals surface area contributed by atoms with E-state index < -0.39 is 0 Å². The van der Waals surface area contributed by atoms with Crippen molar-refractivity contribution in [1.29, 1.82) is 0 Å². The van der Waals surface area contributed by atoms with Gasteiger partial charge in [0.15, 0.2) is 5.82 Å². The van der Waals surface area contributed by atoms with Crippen LogP contribution < -0.4 is 11.1 Å². The zero-order valence-electron chi connectivity index (χ0n) is 15.9. The van der Waals surface area contributed by atoms with Crippen molar-refractivity contribution in [3.8, 4) is 11.4 Å². The summed E-state index contributed by atoms with van der Waals surface area (Å²) < 4.78 is 16.6. The summed E-state index contributed by atoms with van der Waals surface area (Å²) in [6.07, 6.45) is 7.40. The maximum absolute atomic E-state index is 14.6. The van der Waals surface area contributed by atoms with Crippen LogP contribution in [-0.4, -0.2) is 26.7 Å². The van der Waals surface area contributed by atoms with Crippen molar-refractivity contribution in [3.63, 3.8) is 0 Å². The van der Waals surface area contributed by atoms with Crippen molar-refractivity contribution in [3.05, 3.63) is 29.8 Å². The Hall–Kier alpha value is -2.28. The van der Waals surface area contributed by atoms with Gasteiger partial charge in [0.2, 0.25) is 5.91 Å². The van der Waals surface area contributed by atoms with E-state index in [4.69, 9.17) is 5.73 Å². The minimum atomic E-state index is -0.353. The fourth-order valence-corrected chi connectivity index (χ4v) is 5.41. The average Bonchev–Trinajstić information content (AvgIpc) is 3.34. The van der Waals surface area contributed by atoms with Gasteiger partial charge in [0.05, 0.1) is 11.5 Å². The number of hydrogen-bond acceptors (Lipinski definition) is 4. The zero-order chi connectivity index (χ0) is 19.3. The van der Waals surface area contributed by atoms with E-state index in [9.17, 15) is 9.18 Å². The first-order valence-corrected chi connectivity index (χ1v) is 10.4. The molecular weight excluding hydrogens is 357 g/mol. The van der Waals surface area contributed by atoms with Gasteiger partial charge in [0.1, 0.15) is 11.6 Å². The molecule has 2 bridgehead atoms. The van der Waals surface area contributed by atoms with Crippen LogP contribution >= 0.6 is 0 Å². The standard InChI is InChI=1S/C21H26FN5O/c22-16-8-7-14(24-21(28)18-12-5-6-13(10-12)19(18)23)11-15(16)20-26-25-17-4-2-1-3-9-27(17)20/h7-8,11-13,18-19H,1-6,9-10,23H2,(H,24,28). The highest BCUT2D eigenvalue weighted by Crippen LogP contribution is 2.48. The predicted octanol–water partition coefficient (Wildman–Crippen LogP) is 3.12. The molecule has 7 heteroatoms. The van der Waals surface area contributed by atoms with Crippen molar-refractivity contribution in [2.45, 2.75) is 57.5 Å². The molecule has 0 saturated heterocycles.